The highest BCUT2D eigenvalue weighted by Crippen LogP contribution is 2.28. The molecule has 1 N–H and O–H groups in total. The van der Waals surface area contributed by atoms with Gasteiger partial charge in [0.1, 0.15) is 0 Å². The van der Waals surface area contributed by atoms with E-state index < -0.39 is 0 Å². The van der Waals surface area contributed by atoms with Crippen molar-refractivity contribution in [3.05, 3.63) is 95.1 Å². The van der Waals surface area contributed by atoms with Gasteiger partial charge in [-0.15, -0.1) is 11.8 Å². The summed E-state index contributed by atoms with van der Waals surface area (Å²) < 4.78 is 0. The third kappa shape index (κ3) is 3.93. The number of hydrogen-bond donors (Lipinski definition) is 1. The van der Waals surface area contributed by atoms with E-state index in [-0.39, 0.29) is 23.6 Å². The molecule has 0 aliphatic carbocycles. The molecule has 3 aromatic carbocycles. The largest absolute Gasteiger partial charge is 0.322 e. The van der Waals surface area contributed by atoms with Crippen LogP contribution in [0, 0.1) is 6.92 Å². The van der Waals surface area contributed by atoms with Crippen molar-refractivity contribution in [2.75, 3.05) is 11.2 Å². The van der Waals surface area contributed by atoms with Gasteiger partial charge < -0.3 is 5.32 Å². The zero-order valence-corrected chi connectivity index (χ0v) is 16.5. The average Bonchev–Trinajstić information content (AvgIpc) is 2.97. The van der Waals surface area contributed by atoms with Crippen molar-refractivity contribution in [3.8, 4) is 0 Å². The fourth-order valence-corrected chi connectivity index (χ4v) is 4.05. The Morgan fingerprint density at radius 2 is 1.59 bits per heavy atom. The molecular formula is C23H18N2O3S. The second kappa shape index (κ2) is 7.93. The predicted octanol–water partition coefficient (Wildman–Crippen LogP) is 4.59. The van der Waals surface area contributed by atoms with E-state index in [1.807, 2.05) is 43.3 Å². The molecule has 0 aromatic heterocycles. The van der Waals surface area contributed by atoms with Crippen LogP contribution in [-0.4, -0.2) is 28.5 Å². The monoisotopic (exact) mass is 402 g/mol. The summed E-state index contributed by atoms with van der Waals surface area (Å²) in [5, 5.41) is 2.89. The van der Waals surface area contributed by atoms with Gasteiger partial charge in [-0.1, -0.05) is 35.9 Å². The number of fused-ring (bicyclic) bond motifs is 1. The maximum Gasteiger partial charge on any atom is 0.262 e. The number of aryl methyl sites for hydroxylation is 1. The maximum atomic E-state index is 12.5. The molecule has 0 unspecified atom stereocenters. The van der Waals surface area contributed by atoms with E-state index in [1.54, 1.807) is 36.4 Å². The van der Waals surface area contributed by atoms with Crippen LogP contribution in [0.1, 0.15) is 36.6 Å². The van der Waals surface area contributed by atoms with Crippen molar-refractivity contribution < 1.29 is 14.4 Å². The van der Waals surface area contributed by atoms with Crippen molar-refractivity contribution in [2.24, 2.45) is 0 Å². The van der Waals surface area contributed by atoms with E-state index >= 15 is 0 Å². The minimum Gasteiger partial charge on any atom is -0.322 e. The van der Waals surface area contributed by atoms with Crippen molar-refractivity contribution >= 4 is 35.2 Å². The topological polar surface area (TPSA) is 66.5 Å². The van der Waals surface area contributed by atoms with Crippen molar-refractivity contribution in [3.63, 3.8) is 0 Å². The van der Waals surface area contributed by atoms with Gasteiger partial charge in [0.25, 0.3) is 17.7 Å². The van der Waals surface area contributed by atoms with Gasteiger partial charge in [0, 0.05) is 16.1 Å². The first kappa shape index (κ1) is 19.0. The molecule has 0 bridgehead atoms. The molecule has 0 radical (unpaired) electrons. The van der Waals surface area contributed by atoms with E-state index in [0.717, 1.165) is 10.5 Å². The van der Waals surface area contributed by atoms with E-state index in [9.17, 15) is 14.4 Å². The summed E-state index contributed by atoms with van der Waals surface area (Å²) in [5.41, 5.74) is 3.15. The zero-order valence-electron chi connectivity index (χ0n) is 15.7. The third-order valence-electron chi connectivity index (χ3n) is 4.61. The standard InChI is InChI=1S/C23H18N2O3S/c1-15-6-4-7-16(12-15)21(26)24-17-8-5-9-18(13-17)29-14-25-22(27)19-10-2-3-11-20(19)23(25)28/h2-13H,14H2,1H3,(H,24,26). The number of nitrogens with zero attached hydrogens (tertiary/aromatic N) is 1. The molecule has 0 saturated carbocycles. The Balaban J connectivity index is 1.43. The van der Waals surface area contributed by atoms with E-state index in [1.165, 1.54) is 16.7 Å². The van der Waals surface area contributed by atoms with Crippen molar-refractivity contribution in [1.82, 2.24) is 4.90 Å². The summed E-state index contributed by atoms with van der Waals surface area (Å²) >= 11 is 1.37. The lowest BCUT2D eigenvalue weighted by molar-refractivity contribution is 0.0683. The molecule has 1 heterocycles. The Kier molecular flexibility index (Phi) is 5.18. The summed E-state index contributed by atoms with van der Waals surface area (Å²) in [6.45, 7) is 1.94. The number of amides is 3. The average molecular weight is 402 g/mol. The van der Waals surface area contributed by atoms with Crippen molar-refractivity contribution in [1.29, 1.82) is 0 Å². The first-order valence-electron chi connectivity index (χ1n) is 9.09. The van der Waals surface area contributed by atoms with E-state index in [2.05, 4.69) is 5.32 Å². The molecule has 4 rings (SSSR count). The van der Waals surface area contributed by atoms with Gasteiger partial charge in [0.05, 0.1) is 17.0 Å². The summed E-state index contributed by atoms with van der Waals surface area (Å²) in [6, 6.07) is 21.6. The van der Waals surface area contributed by atoms with Crippen LogP contribution in [0.25, 0.3) is 0 Å². The van der Waals surface area contributed by atoms with Crippen LogP contribution in [-0.2, 0) is 0 Å². The summed E-state index contributed by atoms with van der Waals surface area (Å²) in [7, 11) is 0. The highest BCUT2D eigenvalue weighted by atomic mass is 32.2. The van der Waals surface area contributed by atoms with E-state index in [0.29, 0.717) is 22.4 Å². The molecule has 6 heteroatoms. The Labute approximate surface area is 172 Å². The molecule has 3 amide bonds. The summed E-state index contributed by atoms with van der Waals surface area (Å²) in [6.07, 6.45) is 0. The number of nitrogens with one attached hydrogen (secondary N) is 1. The lowest BCUT2D eigenvalue weighted by Crippen LogP contribution is -2.29. The molecule has 29 heavy (non-hydrogen) atoms. The molecule has 144 valence electrons. The fraction of sp³-hybridized carbons (Fsp3) is 0.0870. The number of carbonyl (C=O) groups is 3. The maximum absolute atomic E-state index is 12.5. The van der Waals surface area contributed by atoms with Gasteiger partial charge >= 0.3 is 0 Å². The Morgan fingerprint density at radius 1 is 0.897 bits per heavy atom. The fourth-order valence-electron chi connectivity index (χ4n) is 3.15. The smallest absolute Gasteiger partial charge is 0.262 e. The SMILES string of the molecule is Cc1cccc(C(=O)Nc2cccc(SCN3C(=O)c4ccccc4C3=O)c2)c1. The first-order valence-corrected chi connectivity index (χ1v) is 10.1. The van der Waals surface area contributed by atoms with Crippen LogP contribution in [0.15, 0.2) is 77.7 Å². The number of hydrogen-bond acceptors (Lipinski definition) is 4. The molecular weight excluding hydrogens is 384 g/mol. The van der Waals surface area contributed by atoms with Gasteiger partial charge in [-0.2, -0.15) is 0 Å². The highest BCUT2D eigenvalue weighted by Gasteiger charge is 2.34. The van der Waals surface area contributed by atoms with Crippen molar-refractivity contribution in [2.45, 2.75) is 11.8 Å². The minimum absolute atomic E-state index is 0.184. The van der Waals surface area contributed by atoms with Crippen LogP contribution < -0.4 is 5.32 Å². The molecule has 0 atom stereocenters. The summed E-state index contributed by atoms with van der Waals surface area (Å²) in [5.74, 6) is -0.526. The van der Waals surface area contributed by atoms with Crippen LogP contribution in [0.3, 0.4) is 0 Å². The van der Waals surface area contributed by atoms with Crippen LogP contribution in [0.2, 0.25) is 0 Å². The lowest BCUT2D eigenvalue weighted by Gasteiger charge is -2.14. The summed E-state index contributed by atoms with van der Waals surface area (Å²) in [4.78, 5) is 39.5. The van der Waals surface area contributed by atoms with Gasteiger partial charge in [-0.3, -0.25) is 19.3 Å². The molecule has 0 saturated heterocycles. The number of benzene rings is 3. The minimum atomic E-state index is -0.276. The molecule has 0 spiro atoms. The third-order valence-corrected chi connectivity index (χ3v) is 5.59. The van der Waals surface area contributed by atoms with Crippen LogP contribution >= 0.6 is 11.8 Å². The molecule has 5 nitrogen and oxygen atoms in total. The van der Waals surface area contributed by atoms with Crippen LogP contribution in [0.4, 0.5) is 5.69 Å². The second-order valence-electron chi connectivity index (χ2n) is 6.71. The quantitative estimate of drug-likeness (QED) is 0.501. The number of thioether (sulfide) groups is 1. The van der Waals surface area contributed by atoms with Gasteiger partial charge in [0.2, 0.25) is 0 Å². The second-order valence-corrected chi connectivity index (χ2v) is 7.73. The number of rotatable bonds is 5. The molecule has 1 aliphatic rings. The normalized spacial score (nSPS) is 12.8. The molecule has 0 fully saturated rings. The zero-order chi connectivity index (χ0) is 20.4. The predicted molar refractivity (Wildman–Crippen MR) is 113 cm³/mol. The Bertz CT molecular complexity index is 1090. The molecule has 1 aliphatic heterocycles. The first-order chi connectivity index (χ1) is 14.0. The number of carbonyl (C=O) groups excluding carboxylic acids is 3. The Hall–Kier alpha value is -3.38. The number of anilines is 1. The van der Waals surface area contributed by atoms with Gasteiger partial charge in [-0.05, 0) is 49.4 Å². The molecule has 3 aromatic rings. The lowest BCUT2D eigenvalue weighted by atomic mass is 10.1. The number of imide groups is 1. The van der Waals surface area contributed by atoms with Gasteiger partial charge in [0.15, 0.2) is 0 Å². The van der Waals surface area contributed by atoms with Crippen LogP contribution in [0.5, 0.6) is 0 Å². The van der Waals surface area contributed by atoms with Gasteiger partial charge in [-0.25, -0.2) is 0 Å². The Morgan fingerprint density at radius 3 is 2.28 bits per heavy atom. The van der Waals surface area contributed by atoms with E-state index in [4.69, 9.17) is 0 Å². The highest BCUT2D eigenvalue weighted by molar-refractivity contribution is 7.99.